The summed E-state index contributed by atoms with van der Waals surface area (Å²) in [4.78, 5) is 5.33. The number of benzene rings is 2. The number of nitrogens with zero attached hydrogens (tertiary/aromatic N) is 2. The minimum Gasteiger partial charge on any atom is -0.508 e. The van der Waals surface area contributed by atoms with Crippen molar-refractivity contribution in [2.75, 3.05) is 33.3 Å². The normalized spacial score (nSPS) is 25.5. The second kappa shape index (κ2) is 11.5. The van der Waals surface area contributed by atoms with E-state index in [1.807, 2.05) is 12.1 Å². The molecular formula is C31H44N2O2. The maximum atomic E-state index is 9.90. The van der Waals surface area contributed by atoms with Gasteiger partial charge in [-0.3, -0.25) is 4.90 Å². The Morgan fingerprint density at radius 1 is 0.914 bits per heavy atom. The van der Waals surface area contributed by atoms with Gasteiger partial charge in [0.25, 0.3) is 0 Å². The van der Waals surface area contributed by atoms with E-state index >= 15 is 0 Å². The molecule has 0 spiro atoms. The highest BCUT2D eigenvalue weighted by atomic mass is 16.5. The highest BCUT2D eigenvalue weighted by Gasteiger charge is 2.34. The van der Waals surface area contributed by atoms with Crippen molar-refractivity contribution in [2.45, 2.75) is 76.5 Å². The lowest BCUT2D eigenvalue weighted by atomic mass is 9.99. The monoisotopic (exact) mass is 476 g/mol. The molecule has 1 aliphatic heterocycles. The summed E-state index contributed by atoms with van der Waals surface area (Å²) in [7, 11) is 2.30. The summed E-state index contributed by atoms with van der Waals surface area (Å²) in [6, 6.07) is 17.9. The Morgan fingerprint density at radius 3 is 2.49 bits per heavy atom. The zero-order chi connectivity index (χ0) is 24.2. The molecule has 4 heteroatoms. The molecule has 4 atom stereocenters. The Balaban J connectivity index is 1.15. The second-order valence-electron chi connectivity index (χ2n) is 11.5. The fraction of sp³-hybridized carbons (Fsp3) is 0.613. The van der Waals surface area contributed by atoms with Gasteiger partial charge in [-0.2, -0.15) is 0 Å². The van der Waals surface area contributed by atoms with Gasteiger partial charge in [-0.25, -0.2) is 0 Å². The van der Waals surface area contributed by atoms with E-state index < -0.39 is 0 Å². The number of ether oxygens (including phenoxy) is 1. The predicted molar refractivity (Wildman–Crippen MR) is 143 cm³/mol. The molecule has 2 aromatic carbocycles. The van der Waals surface area contributed by atoms with Crippen LogP contribution in [0.1, 0.15) is 55.7 Å². The first-order chi connectivity index (χ1) is 17.0. The minimum absolute atomic E-state index is 0.328. The van der Waals surface area contributed by atoms with Crippen molar-refractivity contribution in [3.05, 3.63) is 65.2 Å². The first-order valence-corrected chi connectivity index (χ1v) is 14.0. The number of hydrogen-bond donors (Lipinski definition) is 1. The molecule has 2 aromatic rings. The topological polar surface area (TPSA) is 35.9 Å². The van der Waals surface area contributed by atoms with Crippen molar-refractivity contribution in [3.63, 3.8) is 0 Å². The van der Waals surface area contributed by atoms with Gasteiger partial charge in [0.1, 0.15) is 5.75 Å². The predicted octanol–water partition coefficient (Wildman–Crippen LogP) is 5.32. The average molecular weight is 477 g/mol. The Bertz CT molecular complexity index is 944. The molecule has 0 bridgehead atoms. The molecule has 0 aromatic heterocycles. The van der Waals surface area contributed by atoms with Gasteiger partial charge in [0, 0.05) is 38.3 Å². The van der Waals surface area contributed by atoms with Crippen molar-refractivity contribution >= 4 is 0 Å². The quantitative estimate of drug-likeness (QED) is 0.503. The van der Waals surface area contributed by atoms with E-state index in [0.29, 0.717) is 29.9 Å². The molecule has 0 amide bonds. The van der Waals surface area contributed by atoms with Crippen LogP contribution in [0.25, 0.3) is 0 Å². The molecule has 4 unspecified atom stereocenters. The maximum absolute atomic E-state index is 9.90. The Kier molecular flexibility index (Phi) is 8.11. The minimum atomic E-state index is 0.328. The number of fused-ring (bicyclic) bond motifs is 1. The summed E-state index contributed by atoms with van der Waals surface area (Å²) in [5, 5.41) is 9.90. The molecule has 4 nitrogen and oxygen atoms in total. The first-order valence-electron chi connectivity index (χ1n) is 14.0. The van der Waals surface area contributed by atoms with Crippen LogP contribution in [0, 0.1) is 11.8 Å². The Hall–Kier alpha value is -1.88. The molecule has 2 aliphatic carbocycles. The van der Waals surface area contributed by atoms with Crippen molar-refractivity contribution in [1.29, 1.82) is 0 Å². The lowest BCUT2D eigenvalue weighted by Crippen LogP contribution is -2.46. The van der Waals surface area contributed by atoms with Crippen LogP contribution in [-0.2, 0) is 24.0 Å². The zero-order valence-corrected chi connectivity index (χ0v) is 21.7. The van der Waals surface area contributed by atoms with Crippen molar-refractivity contribution < 1.29 is 9.84 Å². The summed E-state index contributed by atoms with van der Waals surface area (Å²) < 4.78 is 6.53. The number of rotatable bonds is 10. The highest BCUT2D eigenvalue weighted by Crippen LogP contribution is 2.35. The summed E-state index contributed by atoms with van der Waals surface area (Å²) >= 11 is 0. The Morgan fingerprint density at radius 2 is 1.69 bits per heavy atom. The van der Waals surface area contributed by atoms with Gasteiger partial charge in [-0.15, -0.1) is 0 Å². The molecule has 5 rings (SSSR count). The van der Waals surface area contributed by atoms with Crippen LogP contribution in [0.4, 0.5) is 0 Å². The molecule has 1 heterocycles. The third kappa shape index (κ3) is 6.67. The largest absolute Gasteiger partial charge is 0.508 e. The van der Waals surface area contributed by atoms with Gasteiger partial charge in [0.2, 0.25) is 0 Å². The molecule has 1 saturated heterocycles. The van der Waals surface area contributed by atoms with E-state index in [1.54, 1.807) is 0 Å². The van der Waals surface area contributed by atoms with E-state index in [9.17, 15) is 5.11 Å². The van der Waals surface area contributed by atoms with Gasteiger partial charge in [-0.05, 0) is 106 Å². The maximum Gasteiger partial charge on any atom is 0.115 e. The molecular weight excluding hydrogens is 432 g/mol. The summed E-state index contributed by atoms with van der Waals surface area (Å²) in [6.45, 7) is 6.77. The SMILES string of the molecule is CC(C1CCC(N(C)CCc2ccccc2)CCO1)N(CC1CC1)CC1Cc2ccc(O)cc2C1. The van der Waals surface area contributed by atoms with Crippen molar-refractivity contribution in [2.24, 2.45) is 11.8 Å². The van der Waals surface area contributed by atoms with Crippen molar-refractivity contribution in [1.82, 2.24) is 9.80 Å². The lowest BCUT2D eigenvalue weighted by molar-refractivity contribution is -0.0113. The van der Waals surface area contributed by atoms with E-state index in [2.05, 4.69) is 60.2 Å². The second-order valence-corrected chi connectivity index (χ2v) is 11.5. The smallest absolute Gasteiger partial charge is 0.115 e. The van der Waals surface area contributed by atoms with E-state index in [1.165, 1.54) is 42.5 Å². The van der Waals surface area contributed by atoms with Crippen LogP contribution in [-0.4, -0.2) is 66.4 Å². The van der Waals surface area contributed by atoms with Crippen LogP contribution < -0.4 is 0 Å². The van der Waals surface area contributed by atoms with Crippen LogP contribution in [0.2, 0.25) is 0 Å². The van der Waals surface area contributed by atoms with Gasteiger partial charge < -0.3 is 14.7 Å². The molecule has 2 fully saturated rings. The number of hydrogen-bond acceptors (Lipinski definition) is 4. The lowest BCUT2D eigenvalue weighted by Gasteiger charge is -2.36. The number of likely N-dealkylation sites (N-methyl/N-ethyl adjacent to an activating group) is 1. The fourth-order valence-corrected chi connectivity index (χ4v) is 6.32. The molecule has 3 aliphatic rings. The van der Waals surface area contributed by atoms with Crippen LogP contribution >= 0.6 is 0 Å². The molecule has 35 heavy (non-hydrogen) atoms. The molecule has 190 valence electrons. The highest BCUT2D eigenvalue weighted by molar-refractivity contribution is 5.38. The molecule has 1 saturated carbocycles. The van der Waals surface area contributed by atoms with Crippen LogP contribution in [0.5, 0.6) is 5.75 Å². The zero-order valence-electron chi connectivity index (χ0n) is 21.7. The standard InChI is InChI=1S/C31H44N2O2/c1-23(31-13-11-29(15-17-35-31)32(2)16-14-24-6-4-3-5-7-24)33(21-25-8-9-25)22-26-18-27-10-12-30(34)20-28(27)19-26/h3-7,10,12,20,23,25-26,29,31,34H,8-9,11,13-19,21-22H2,1-2H3. The van der Waals surface area contributed by atoms with Gasteiger partial charge in [0.05, 0.1) is 6.10 Å². The first kappa shape index (κ1) is 24.8. The molecule has 0 radical (unpaired) electrons. The van der Waals surface area contributed by atoms with E-state index in [0.717, 1.165) is 57.7 Å². The number of phenols is 1. The van der Waals surface area contributed by atoms with Gasteiger partial charge in [0.15, 0.2) is 0 Å². The summed E-state index contributed by atoms with van der Waals surface area (Å²) in [5.41, 5.74) is 4.20. The number of aromatic hydroxyl groups is 1. The van der Waals surface area contributed by atoms with E-state index in [-0.39, 0.29) is 0 Å². The van der Waals surface area contributed by atoms with Gasteiger partial charge >= 0.3 is 0 Å². The van der Waals surface area contributed by atoms with Crippen LogP contribution in [0.15, 0.2) is 48.5 Å². The average Bonchev–Trinajstić information content (AvgIpc) is 3.64. The third-order valence-electron chi connectivity index (χ3n) is 8.79. The third-order valence-corrected chi connectivity index (χ3v) is 8.79. The van der Waals surface area contributed by atoms with Gasteiger partial charge in [-0.1, -0.05) is 36.4 Å². The van der Waals surface area contributed by atoms with Crippen molar-refractivity contribution in [3.8, 4) is 5.75 Å². The summed E-state index contributed by atoms with van der Waals surface area (Å²) in [6.07, 6.45) is 9.98. The summed E-state index contributed by atoms with van der Waals surface area (Å²) in [5.74, 6) is 1.94. The number of phenolic OH excluding ortho intramolecular Hbond substituents is 1. The Labute approximate surface area is 212 Å². The van der Waals surface area contributed by atoms with E-state index in [4.69, 9.17) is 4.74 Å². The van der Waals surface area contributed by atoms with Crippen LogP contribution in [0.3, 0.4) is 0 Å². The fourth-order valence-electron chi connectivity index (χ4n) is 6.32. The molecule has 1 N–H and O–H groups in total.